The Morgan fingerprint density at radius 1 is 1.35 bits per heavy atom. The lowest BCUT2D eigenvalue weighted by molar-refractivity contribution is 0.0706. The van der Waals surface area contributed by atoms with Gasteiger partial charge < -0.3 is 15.2 Å². The molecule has 1 aromatic carbocycles. The topological polar surface area (TPSA) is 44.5 Å². The first-order chi connectivity index (χ1) is 8.26. The van der Waals surface area contributed by atoms with Gasteiger partial charge in [-0.1, -0.05) is 12.1 Å². The number of ether oxygens (including phenoxy) is 2. The second kappa shape index (κ2) is 8.09. The van der Waals surface area contributed by atoms with E-state index in [0.29, 0.717) is 19.3 Å². The van der Waals surface area contributed by atoms with Crippen molar-refractivity contribution in [2.24, 2.45) is 5.73 Å². The first-order valence-corrected chi connectivity index (χ1v) is 6.29. The van der Waals surface area contributed by atoms with Crippen LogP contribution in [0.1, 0.15) is 25.8 Å². The fourth-order valence-corrected chi connectivity index (χ4v) is 1.71. The van der Waals surface area contributed by atoms with Crippen LogP contribution in [0.25, 0.3) is 0 Å². The van der Waals surface area contributed by atoms with Crippen molar-refractivity contribution in [1.29, 1.82) is 0 Å². The van der Waals surface area contributed by atoms with Gasteiger partial charge in [-0.05, 0) is 44.4 Å². The zero-order chi connectivity index (χ0) is 12.5. The van der Waals surface area contributed by atoms with E-state index in [-0.39, 0.29) is 0 Å². The van der Waals surface area contributed by atoms with E-state index in [1.54, 1.807) is 0 Å². The van der Waals surface area contributed by atoms with E-state index in [4.69, 9.17) is 15.2 Å². The third kappa shape index (κ3) is 5.71. The van der Waals surface area contributed by atoms with Crippen molar-refractivity contribution in [3.05, 3.63) is 29.8 Å². The number of nitrogens with two attached hydrogens (primary N) is 1. The summed E-state index contributed by atoms with van der Waals surface area (Å²) in [5, 5.41) is 0. The van der Waals surface area contributed by atoms with Crippen LogP contribution in [0.15, 0.2) is 24.3 Å². The molecule has 1 aromatic rings. The lowest BCUT2D eigenvalue weighted by Crippen LogP contribution is -2.11. The maximum atomic E-state index is 5.51. The summed E-state index contributed by atoms with van der Waals surface area (Å²) in [4.78, 5) is 0. The molecule has 2 N–H and O–H groups in total. The standard InChI is InChI=1S/C14H23NO2/c1-3-16-12(2)7-8-13-5-4-6-14(11-13)17-10-9-15/h4-6,11-12H,3,7-10,15H2,1-2H3. The fraction of sp³-hybridized carbons (Fsp3) is 0.571. The smallest absolute Gasteiger partial charge is 0.119 e. The summed E-state index contributed by atoms with van der Waals surface area (Å²) in [6.45, 7) is 6.03. The highest BCUT2D eigenvalue weighted by atomic mass is 16.5. The largest absolute Gasteiger partial charge is 0.492 e. The fourth-order valence-electron chi connectivity index (χ4n) is 1.71. The van der Waals surface area contributed by atoms with Crippen LogP contribution in [-0.2, 0) is 11.2 Å². The Morgan fingerprint density at radius 3 is 2.88 bits per heavy atom. The van der Waals surface area contributed by atoms with Crippen molar-refractivity contribution in [2.45, 2.75) is 32.8 Å². The van der Waals surface area contributed by atoms with Gasteiger partial charge in [0.05, 0.1) is 6.10 Å². The normalized spacial score (nSPS) is 12.4. The van der Waals surface area contributed by atoms with Crippen LogP contribution in [-0.4, -0.2) is 25.9 Å². The Hall–Kier alpha value is -1.06. The molecule has 0 aliphatic rings. The number of hydrogen-bond acceptors (Lipinski definition) is 3. The van der Waals surface area contributed by atoms with Gasteiger partial charge in [-0.15, -0.1) is 0 Å². The van der Waals surface area contributed by atoms with Crippen LogP contribution in [0.3, 0.4) is 0 Å². The lowest BCUT2D eigenvalue weighted by atomic mass is 10.1. The summed E-state index contributed by atoms with van der Waals surface area (Å²) in [5.74, 6) is 0.900. The molecule has 0 saturated heterocycles. The minimum atomic E-state index is 0.314. The lowest BCUT2D eigenvalue weighted by Gasteiger charge is -2.12. The van der Waals surface area contributed by atoms with Crippen LogP contribution < -0.4 is 10.5 Å². The Labute approximate surface area is 104 Å². The van der Waals surface area contributed by atoms with Crippen molar-refractivity contribution in [3.8, 4) is 5.75 Å². The van der Waals surface area contributed by atoms with Crippen molar-refractivity contribution in [1.82, 2.24) is 0 Å². The predicted molar refractivity (Wildman–Crippen MR) is 70.4 cm³/mol. The van der Waals surface area contributed by atoms with E-state index in [9.17, 15) is 0 Å². The van der Waals surface area contributed by atoms with Crippen LogP contribution in [0.5, 0.6) is 5.75 Å². The highest BCUT2D eigenvalue weighted by Gasteiger charge is 2.02. The van der Waals surface area contributed by atoms with Crippen molar-refractivity contribution in [2.75, 3.05) is 19.8 Å². The maximum absolute atomic E-state index is 5.51. The molecule has 0 heterocycles. The first kappa shape index (κ1) is 14.0. The van der Waals surface area contributed by atoms with Gasteiger partial charge in [0.25, 0.3) is 0 Å². The zero-order valence-electron chi connectivity index (χ0n) is 10.8. The predicted octanol–water partition coefficient (Wildman–Crippen LogP) is 2.38. The van der Waals surface area contributed by atoms with Gasteiger partial charge in [0.1, 0.15) is 12.4 Å². The summed E-state index contributed by atoms with van der Waals surface area (Å²) in [6.07, 6.45) is 2.36. The van der Waals surface area contributed by atoms with Crippen LogP contribution in [0, 0.1) is 0 Å². The molecule has 96 valence electrons. The van der Waals surface area contributed by atoms with Gasteiger partial charge in [0, 0.05) is 13.2 Å². The van der Waals surface area contributed by atoms with E-state index >= 15 is 0 Å². The average molecular weight is 237 g/mol. The summed E-state index contributed by atoms with van der Waals surface area (Å²) in [6, 6.07) is 8.18. The van der Waals surface area contributed by atoms with Crippen molar-refractivity contribution in [3.63, 3.8) is 0 Å². The molecule has 0 aliphatic heterocycles. The summed E-state index contributed by atoms with van der Waals surface area (Å²) < 4.78 is 11.0. The zero-order valence-corrected chi connectivity index (χ0v) is 10.8. The van der Waals surface area contributed by atoms with Crippen molar-refractivity contribution < 1.29 is 9.47 Å². The van der Waals surface area contributed by atoms with Gasteiger partial charge in [0.2, 0.25) is 0 Å². The average Bonchev–Trinajstić information content (AvgIpc) is 2.35. The summed E-state index contributed by atoms with van der Waals surface area (Å²) in [5.41, 5.74) is 6.69. The molecule has 17 heavy (non-hydrogen) atoms. The minimum Gasteiger partial charge on any atom is -0.492 e. The SMILES string of the molecule is CCOC(C)CCc1cccc(OCCN)c1. The first-order valence-electron chi connectivity index (χ1n) is 6.29. The quantitative estimate of drug-likeness (QED) is 0.755. The molecular weight excluding hydrogens is 214 g/mol. The van der Waals surface area contributed by atoms with E-state index in [2.05, 4.69) is 19.1 Å². The molecule has 0 fully saturated rings. The van der Waals surface area contributed by atoms with Gasteiger partial charge in [-0.25, -0.2) is 0 Å². The molecule has 0 bridgehead atoms. The number of aryl methyl sites for hydroxylation is 1. The van der Waals surface area contributed by atoms with E-state index in [1.807, 2.05) is 19.1 Å². The Kier molecular flexibility index (Phi) is 6.67. The van der Waals surface area contributed by atoms with E-state index in [1.165, 1.54) is 5.56 Å². The summed E-state index contributed by atoms with van der Waals surface area (Å²) in [7, 11) is 0. The van der Waals surface area contributed by atoms with Crippen LogP contribution in [0.2, 0.25) is 0 Å². The van der Waals surface area contributed by atoms with Crippen LogP contribution >= 0.6 is 0 Å². The minimum absolute atomic E-state index is 0.314. The highest BCUT2D eigenvalue weighted by molar-refractivity contribution is 5.28. The Morgan fingerprint density at radius 2 is 2.18 bits per heavy atom. The molecule has 0 radical (unpaired) electrons. The molecule has 3 heteroatoms. The number of benzene rings is 1. The molecule has 3 nitrogen and oxygen atoms in total. The molecule has 0 aromatic heterocycles. The Balaban J connectivity index is 2.42. The second-order valence-corrected chi connectivity index (χ2v) is 4.09. The van der Waals surface area contributed by atoms with Gasteiger partial charge in [0.15, 0.2) is 0 Å². The molecular formula is C14H23NO2. The monoisotopic (exact) mass is 237 g/mol. The molecule has 0 saturated carbocycles. The van der Waals surface area contributed by atoms with Gasteiger partial charge in [-0.2, -0.15) is 0 Å². The second-order valence-electron chi connectivity index (χ2n) is 4.09. The number of rotatable bonds is 8. The van der Waals surface area contributed by atoms with Gasteiger partial charge >= 0.3 is 0 Å². The van der Waals surface area contributed by atoms with Crippen LogP contribution in [0.4, 0.5) is 0 Å². The third-order valence-corrected chi connectivity index (χ3v) is 2.58. The molecule has 0 amide bonds. The third-order valence-electron chi connectivity index (χ3n) is 2.58. The maximum Gasteiger partial charge on any atom is 0.119 e. The van der Waals surface area contributed by atoms with Crippen molar-refractivity contribution >= 4 is 0 Å². The Bertz CT molecular complexity index is 315. The molecule has 0 aliphatic carbocycles. The highest BCUT2D eigenvalue weighted by Crippen LogP contribution is 2.15. The van der Waals surface area contributed by atoms with Gasteiger partial charge in [-0.3, -0.25) is 0 Å². The summed E-state index contributed by atoms with van der Waals surface area (Å²) >= 11 is 0. The van der Waals surface area contributed by atoms with E-state index < -0.39 is 0 Å². The molecule has 1 rings (SSSR count). The molecule has 1 unspecified atom stereocenters. The number of hydrogen-bond donors (Lipinski definition) is 1. The van der Waals surface area contributed by atoms with E-state index in [0.717, 1.165) is 25.2 Å². The molecule has 0 spiro atoms. The molecule has 1 atom stereocenters.